The van der Waals surface area contributed by atoms with Crippen LogP contribution in [0.4, 0.5) is 0 Å². The van der Waals surface area contributed by atoms with Crippen molar-refractivity contribution in [3.63, 3.8) is 0 Å². The molecule has 0 bridgehead atoms. The van der Waals surface area contributed by atoms with E-state index in [9.17, 15) is 0 Å². The lowest BCUT2D eigenvalue weighted by Gasteiger charge is -2.12. The topological polar surface area (TPSA) is 3.24 Å². The first-order valence-electron chi connectivity index (χ1n) is 4.10. The Labute approximate surface area is 74.3 Å². The molecule has 0 radical (unpaired) electrons. The molecule has 0 unspecified atom stereocenters. The van der Waals surface area contributed by atoms with E-state index in [1.807, 2.05) is 13.2 Å². The molecule has 1 aromatic carbocycles. The van der Waals surface area contributed by atoms with Gasteiger partial charge >= 0.3 is 0 Å². The number of rotatable bonds is 3. The minimum absolute atomic E-state index is 0.934. The van der Waals surface area contributed by atoms with Crippen LogP contribution in [0.3, 0.4) is 0 Å². The molecule has 0 aliphatic heterocycles. The third-order valence-corrected chi connectivity index (χ3v) is 1.86. The van der Waals surface area contributed by atoms with E-state index in [0.29, 0.717) is 0 Å². The van der Waals surface area contributed by atoms with E-state index in [2.05, 4.69) is 42.7 Å². The van der Waals surface area contributed by atoms with E-state index in [-0.39, 0.29) is 0 Å². The van der Waals surface area contributed by atoms with Crippen LogP contribution in [-0.2, 0) is 6.54 Å². The highest BCUT2D eigenvalue weighted by molar-refractivity contribution is 5.21. The van der Waals surface area contributed by atoms with Crippen LogP contribution in [-0.4, -0.2) is 11.9 Å². The van der Waals surface area contributed by atoms with Gasteiger partial charge in [-0.05, 0) is 18.7 Å². The van der Waals surface area contributed by atoms with Crippen molar-refractivity contribution in [1.29, 1.82) is 0 Å². The molecule has 1 aromatic rings. The van der Waals surface area contributed by atoms with Crippen LogP contribution in [0, 0.1) is 6.92 Å². The van der Waals surface area contributed by atoms with E-state index in [1.165, 1.54) is 11.1 Å². The first-order valence-corrected chi connectivity index (χ1v) is 4.10. The molecule has 0 aromatic heterocycles. The molecule has 1 heteroatoms. The van der Waals surface area contributed by atoms with Crippen LogP contribution in [0.25, 0.3) is 0 Å². The lowest BCUT2D eigenvalue weighted by atomic mass is 10.1. The fraction of sp³-hybridized carbons (Fsp3) is 0.273. The molecule has 0 aliphatic rings. The zero-order valence-corrected chi connectivity index (χ0v) is 7.75. The fourth-order valence-electron chi connectivity index (χ4n) is 1.05. The molecule has 0 spiro atoms. The van der Waals surface area contributed by atoms with Gasteiger partial charge in [-0.2, -0.15) is 0 Å². The van der Waals surface area contributed by atoms with E-state index in [0.717, 1.165) is 6.54 Å². The third kappa shape index (κ3) is 2.42. The minimum atomic E-state index is 0.934. The lowest BCUT2D eigenvalue weighted by molar-refractivity contribution is 0.452. The molecular weight excluding hydrogens is 146 g/mol. The van der Waals surface area contributed by atoms with Crippen molar-refractivity contribution in [3.8, 4) is 0 Å². The normalized spacial score (nSPS) is 9.50. The number of hydrogen-bond donors (Lipinski definition) is 0. The van der Waals surface area contributed by atoms with Gasteiger partial charge in [0.05, 0.1) is 0 Å². The van der Waals surface area contributed by atoms with Gasteiger partial charge in [-0.25, -0.2) is 0 Å². The Bertz CT molecular complexity index is 248. The SMILES string of the molecule is C=CN(C)Cc1ccc(C)cc1. The second kappa shape index (κ2) is 3.96. The second-order valence-corrected chi connectivity index (χ2v) is 3.08. The van der Waals surface area contributed by atoms with Crippen molar-refractivity contribution < 1.29 is 0 Å². The Morgan fingerprint density at radius 1 is 1.33 bits per heavy atom. The number of aryl methyl sites for hydroxylation is 1. The maximum Gasteiger partial charge on any atom is 0.0420 e. The summed E-state index contributed by atoms with van der Waals surface area (Å²) in [7, 11) is 2.02. The van der Waals surface area contributed by atoms with Crippen LogP contribution in [0.5, 0.6) is 0 Å². The summed E-state index contributed by atoms with van der Waals surface area (Å²) in [5.74, 6) is 0. The molecule has 0 atom stereocenters. The van der Waals surface area contributed by atoms with Crippen LogP contribution in [0.2, 0.25) is 0 Å². The van der Waals surface area contributed by atoms with Gasteiger partial charge in [0, 0.05) is 13.6 Å². The van der Waals surface area contributed by atoms with Gasteiger partial charge in [0.2, 0.25) is 0 Å². The first-order chi connectivity index (χ1) is 5.72. The molecule has 1 rings (SSSR count). The Morgan fingerprint density at radius 3 is 2.42 bits per heavy atom. The molecule has 0 heterocycles. The van der Waals surface area contributed by atoms with Gasteiger partial charge < -0.3 is 4.90 Å². The largest absolute Gasteiger partial charge is 0.377 e. The van der Waals surface area contributed by atoms with Crippen molar-refractivity contribution in [2.45, 2.75) is 13.5 Å². The number of benzene rings is 1. The third-order valence-electron chi connectivity index (χ3n) is 1.86. The van der Waals surface area contributed by atoms with E-state index in [1.54, 1.807) is 0 Å². The van der Waals surface area contributed by atoms with E-state index < -0.39 is 0 Å². The summed E-state index contributed by atoms with van der Waals surface area (Å²) in [5.41, 5.74) is 2.63. The average Bonchev–Trinajstić information content (AvgIpc) is 2.09. The smallest absolute Gasteiger partial charge is 0.0420 e. The molecule has 0 saturated carbocycles. The summed E-state index contributed by atoms with van der Waals surface area (Å²) >= 11 is 0. The van der Waals surface area contributed by atoms with Gasteiger partial charge in [0.1, 0.15) is 0 Å². The Hall–Kier alpha value is -1.24. The number of hydrogen-bond acceptors (Lipinski definition) is 1. The van der Waals surface area contributed by atoms with Crippen LogP contribution in [0.1, 0.15) is 11.1 Å². The molecular formula is C11H15N. The highest BCUT2D eigenvalue weighted by Crippen LogP contribution is 2.05. The van der Waals surface area contributed by atoms with Gasteiger partial charge in [-0.1, -0.05) is 36.4 Å². The Kier molecular flexibility index (Phi) is 2.92. The van der Waals surface area contributed by atoms with Gasteiger partial charge in [0.25, 0.3) is 0 Å². The molecule has 0 amide bonds. The van der Waals surface area contributed by atoms with E-state index in [4.69, 9.17) is 0 Å². The standard InChI is InChI=1S/C11H15N/c1-4-12(3)9-11-7-5-10(2)6-8-11/h4-8H,1,9H2,2-3H3. The fourth-order valence-corrected chi connectivity index (χ4v) is 1.05. The van der Waals surface area contributed by atoms with Crippen LogP contribution >= 0.6 is 0 Å². The summed E-state index contributed by atoms with van der Waals surface area (Å²) in [6.45, 7) is 6.73. The second-order valence-electron chi connectivity index (χ2n) is 3.08. The molecule has 64 valence electrons. The summed E-state index contributed by atoms with van der Waals surface area (Å²) in [6.07, 6.45) is 1.83. The summed E-state index contributed by atoms with van der Waals surface area (Å²) in [5, 5.41) is 0. The zero-order chi connectivity index (χ0) is 8.97. The molecule has 0 saturated heterocycles. The van der Waals surface area contributed by atoms with Gasteiger partial charge in [0.15, 0.2) is 0 Å². The monoisotopic (exact) mass is 161 g/mol. The highest BCUT2D eigenvalue weighted by atomic mass is 15.1. The molecule has 0 fully saturated rings. The van der Waals surface area contributed by atoms with E-state index >= 15 is 0 Å². The predicted molar refractivity (Wildman–Crippen MR) is 52.8 cm³/mol. The summed E-state index contributed by atoms with van der Waals surface area (Å²) < 4.78 is 0. The Morgan fingerprint density at radius 2 is 1.92 bits per heavy atom. The first kappa shape index (κ1) is 8.85. The lowest BCUT2D eigenvalue weighted by Crippen LogP contribution is -2.08. The number of nitrogens with zero attached hydrogens (tertiary/aromatic N) is 1. The maximum absolute atomic E-state index is 3.70. The molecule has 12 heavy (non-hydrogen) atoms. The van der Waals surface area contributed by atoms with Gasteiger partial charge in [-0.15, -0.1) is 0 Å². The molecule has 0 aliphatic carbocycles. The molecule has 0 N–H and O–H groups in total. The quantitative estimate of drug-likeness (QED) is 0.658. The minimum Gasteiger partial charge on any atom is -0.377 e. The Balaban J connectivity index is 2.64. The summed E-state index contributed by atoms with van der Waals surface area (Å²) in [6, 6.07) is 8.56. The molecule has 1 nitrogen and oxygen atoms in total. The maximum atomic E-state index is 3.70. The van der Waals surface area contributed by atoms with Crippen molar-refractivity contribution >= 4 is 0 Å². The predicted octanol–water partition coefficient (Wildman–Crippen LogP) is 2.57. The van der Waals surface area contributed by atoms with Crippen molar-refractivity contribution in [1.82, 2.24) is 4.90 Å². The highest BCUT2D eigenvalue weighted by Gasteiger charge is 1.93. The van der Waals surface area contributed by atoms with Crippen LogP contribution < -0.4 is 0 Å². The average molecular weight is 161 g/mol. The van der Waals surface area contributed by atoms with Crippen molar-refractivity contribution in [2.24, 2.45) is 0 Å². The van der Waals surface area contributed by atoms with Crippen LogP contribution in [0.15, 0.2) is 37.0 Å². The summed E-state index contributed by atoms with van der Waals surface area (Å²) in [4.78, 5) is 2.06. The van der Waals surface area contributed by atoms with Gasteiger partial charge in [-0.3, -0.25) is 0 Å². The zero-order valence-electron chi connectivity index (χ0n) is 7.75. The van der Waals surface area contributed by atoms with Crippen molar-refractivity contribution in [2.75, 3.05) is 7.05 Å². The van der Waals surface area contributed by atoms with Crippen molar-refractivity contribution in [3.05, 3.63) is 48.2 Å².